The highest BCUT2D eigenvalue weighted by Crippen LogP contribution is 2.25. The normalized spacial score (nSPS) is 11.6. The van der Waals surface area contributed by atoms with Crippen LogP contribution in [0.3, 0.4) is 0 Å². The van der Waals surface area contributed by atoms with Crippen LogP contribution in [0.1, 0.15) is 38.7 Å². The smallest absolute Gasteiger partial charge is 0.335 e. The van der Waals surface area contributed by atoms with Crippen LogP contribution in [-0.4, -0.2) is 16.9 Å². The van der Waals surface area contributed by atoms with Gasteiger partial charge >= 0.3 is 5.97 Å². The van der Waals surface area contributed by atoms with E-state index < -0.39 is 5.97 Å². The highest BCUT2D eigenvalue weighted by Gasteiger charge is 2.17. The van der Waals surface area contributed by atoms with Crippen molar-refractivity contribution in [2.24, 2.45) is 0 Å². The van der Waals surface area contributed by atoms with E-state index >= 15 is 0 Å². The molecule has 0 fully saturated rings. The number of carboxylic acid groups (broad SMARTS) is 1. The van der Waals surface area contributed by atoms with Gasteiger partial charge in [0.2, 0.25) is 0 Å². The molecule has 0 aliphatic heterocycles. The topological polar surface area (TPSA) is 66.4 Å². The van der Waals surface area contributed by atoms with Gasteiger partial charge in [-0.05, 0) is 54.1 Å². The molecule has 3 aromatic carbocycles. The molecule has 0 aliphatic carbocycles. The van der Waals surface area contributed by atoms with Crippen molar-refractivity contribution < 1.29 is 14.7 Å². The van der Waals surface area contributed by atoms with Gasteiger partial charge in [0, 0.05) is 22.7 Å². The van der Waals surface area contributed by atoms with Gasteiger partial charge in [0.25, 0.3) is 0 Å². The zero-order valence-corrected chi connectivity index (χ0v) is 15.2. The standard InChI is InChI=1S/C22H18ClNO3/c23-18-10-6-16(7-11-18)21(25)14-20(15-4-2-1-3-5-15)24-19-12-8-17(9-13-19)22(26)27/h1-13,20,24H,14H2,(H,26,27). The predicted octanol–water partition coefficient (Wildman–Crippen LogP) is 5.46. The van der Waals surface area contributed by atoms with Gasteiger partial charge < -0.3 is 10.4 Å². The van der Waals surface area contributed by atoms with E-state index in [1.54, 1.807) is 36.4 Å². The molecule has 0 heterocycles. The van der Waals surface area contributed by atoms with Gasteiger partial charge in [-0.3, -0.25) is 4.79 Å². The molecule has 1 unspecified atom stereocenters. The molecule has 0 radical (unpaired) electrons. The van der Waals surface area contributed by atoms with E-state index in [9.17, 15) is 9.59 Å². The molecule has 2 N–H and O–H groups in total. The lowest BCUT2D eigenvalue weighted by Gasteiger charge is -2.20. The summed E-state index contributed by atoms with van der Waals surface area (Å²) in [6, 6.07) is 22.7. The Morgan fingerprint density at radius 2 is 1.44 bits per heavy atom. The van der Waals surface area contributed by atoms with Crippen LogP contribution in [0.15, 0.2) is 78.9 Å². The van der Waals surface area contributed by atoms with Gasteiger partial charge in [-0.15, -0.1) is 0 Å². The van der Waals surface area contributed by atoms with E-state index in [1.165, 1.54) is 12.1 Å². The average Bonchev–Trinajstić information content (AvgIpc) is 2.69. The van der Waals surface area contributed by atoms with Crippen molar-refractivity contribution in [3.8, 4) is 0 Å². The number of ketones is 1. The van der Waals surface area contributed by atoms with Gasteiger partial charge in [-0.25, -0.2) is 4.79 Å². The second-order valence-corrected chi connectivity index (χ2v) is 6.56. The molecule has 5 heteroatoms. The Hall–Kier alpha value is -3.11. The Bertz CT molecular complexity index is 922. The molecule has 27 heavy (non-hydrogen) atoms. The first kappa shape index (κ1) is 18.7. The molecule has 1 atom stereocenters. The zero-order valence-electron chi connectivity index (χ0n) is 14.4. The molecule has 4 nitrogen and oxygen atoms in total. The van der Waals surface area contributed by atoms with E-state index in [-0.39, 0.29) is 23.8 Å². The quantitative estimate of drug-likeness (QED) is 0.534. The minimum Gasteiger partial charge on any atom is -0.478 e. The number of carboxylic acids is 1. The number of nitrogens with one attached hydrogen (secondary N) is 1. The third-order valence-corrected chi connectivity index (χ3v) is 4.48. The van der Waals surface area contributed by atoms with Crippen LogP contribution in [-0.2, 0) is 0 Å². The van der Waals surface area contributed by atoms with Crippen molar-refractivity contribution in [3.05, 3.63) is 101 Å². The van der Waals surface area contributed by atoms with Crippen molar-refractivity contribution in [1.29, 1.82) is 0 Å². The number of anilines is 1. The predicted molar refractivity (Wildman–Crippen MR) is 107 cm³/mol. The van der Waals surface area contributed by atoms with E-state index in [2.05, 4.69) is 5.32 Å². The molecule has 0 aromatic heterocycles. The third-order valence-electron chi connectivity index (χ3n) is 4.23. The lowest BCUT2D eigenvalue weighted by atomic mass is 9.97. The third kappa shape index (κ3) is 4.96. The maximum atomic E-state index is 12.7. The highest BCUT2D eigenvalue weighted by atomic mass is 35.5. The van der Waals surface area contributed by atoms with Crippen molar-refractivity contribution in [1.82, 2.24) is 0 Å². The first-order valence-corrected chi connectivity index (χ1v) is 8.84. The van der Waals surface area contributed by atoms with Gasteiger partial charge in [0.05, 0.1) is 11.6 Å². The van der Waals surface area contributed by atoms with E-state index in [0.717, 1.165) is 11.3 Å². The summed E-state index contributed by atoms with van der Waals surface area (Å²) < 4.78 is 0. The summed E-state index contributed by atoms with van der Waals surface area (Å²) in [5.74, 6) is -0.978. The minimum atomic E-state index is -0.973. The van der Waals surface area contributed by atoms with Crippen LogP contribution in [0.5, 0.6) is 0 Å². The largest absolute Gasteiger partial charge is 0.478 e. The number of carbonyl (C=O) groups is 2. The minimum absolute atomic E-state index is 0.00447. The van der Waals surface area contributed by atoms with Crippen LogP contribution in [0.25, 0.3) is 0 Å². The second-order valence-electron chi connectivity index (χ2n) is 6.12. The van der Waals surface area contributed by atoms with Gasteiger partial charge in [-0.2, -0.15) is 0 Å². The molecule has 0 amide bonds. The Labute approximate surface area is 162 Å². The summed E-state index contributed by atoms with van der Waals surface area (Å²) in [6.45, 7) is 0. The Morgan fingerprint density at radius 3 is 2.04 bits per heavy atom. The SMILES string of the molecule is O=C(O)c1ccc(NC(CC(=O)c2ccc(Cl)cc2)c2ccccc2)cc1. The molecule has 0 saturated heterocycles. The lowest BCUT2D eigenvalue weighted by Crippen LogP contribution is -2.16. The fraction of sp³-hybridized carbons (Fsp3) is 0.0909. The van der Waals surface area contributed by atoms with Crippen LogP contribution in [0, 0.1) is 0 Å². The Balaban J connectivity index is 1.82. The molecule has 0 aliphatic rings. The maximum Gasteiger partial charge on any atom is 0.335 e. The van der Waals surface area contributed by atoms with Crippen molar-refractivity contribution >= 4 is 29.0 Å². The van der Waals surface area contributed by atoms with E-state index in [4.69, 9.17) is 16.7 Å². The van der Waals surface area contributed by atoms with E-state index in [0.29, 0.717) is 10.6 Å². The monoisotopic (exact) mass is 379 g/mol. The molecule has 136 valence electrons. The molecular weight excluding hydrogens is 362 g/mol. The molecule has 3 aromatic rings. The maximum absolute atomic E-state index is 12.7. The molecule has 0 saturated carbocycles. The van der Waals surface area contributed by atoms with Crippen LogP contribution < -0.4 is 5.32 Å². The lowest BCUT2D eigenvalue weighted by molar-refractivity contribution is 0.0696. The first-order chi connectivity index (χ1) is 13.0. The summed E-state index contributed by atoms with van der Waals surface area (Å²) in [7, 11) is 0. The fourth-order valence-electron chi connectivity index (χ4n) is 2.79. The number of Topliss-reactive ketones (excluding diaryl/α,β-unsaturated/α-hetero) is 1. The second kappa shape index (κ2) is 8.52. The van der Waals surface area contributed by atoms with Crippen LogP contribution in [0.4, 0.5) is 5.69 Å². The number of aromatic carboxylic acids is 1. The summed E-state index contributed by atoms with van der Waals surface area (Å²) in [6.07, 6.45) is 0.256. The fourth-order valence-corrected chi connectivity index (χ4v) is 2.91. The molecular formula is C22H18ClNO3. The summed E-state index contributed by atoms with van der Waals surface area (Å²) in [4.78, 5) is 23.7. The summed E-state index contributed by atoms with van der Waals surface area (Å²) >= 11 is 5.89. The Morgan fingerprint density at radius 1 is 0.852 bits per heavy atom. The number of rotatable bonds is 7. The van der Waals surface area contributed by atoms with Crippen LogP contribution >= 0.6 is 11.6 Å². The van der Waals surface area contributed by atoms with Crippen molar-refractivity contribution in [2.45, 2.75) is 12.5 Å². The highest BCUT2D eigenvalue weighted by molar-refractivity contribution is 6.30. The zero-order chi connectivity index (χ0) is 19.2. The number of carbonyl (C=O) groups excluding carboxylic acids is 1. The summed E-state index contributed by atoms with van der Waals surface area (Å²) in [5.41, 5.74) is 2.54. The van der Waals surface area contributed by atoms with Crippen molar-refractivity contribution in [2.75, 3.05) is 5.32 Å². The molecule has 0 spiro atoms. The van der Waals surface area contributed by atoms with E-state index in [1.807, 2.05) is 30.3 Å². The Kier molecular flexibility index (Phi) is 5.89. The molecule has 3 rings (SSSR count). The number of halogens is 1. The van der Waals surface area contributed by atoms with Crippen molar-refractivity contribution in [3.63, 3.8) is 0 Å². The number of hydrogen-bond acceptors (Lipinski definition) is 3. The number of hydrogen-bond donors (Lipinski definition) is 2. The van der Waals surface area contributed by atoms with Gasteiger partial charge in [0.15, 0.2) is 5.78 Å². The number of benzene rings is 3. The van der Waals surface area contributed by atoms with Crippen LogP contribution in [0.2, 0.25) is 5.02 Å². The summed E-state index contributed by atoms with van der Waals surface area (Å²) in [5, 5.41) is 12.9. The average molecular weight is 380 g/mol. The van der Waals surface area contributed by atoms with Gasteiger partial charge in [0.1, 0.15) is 0 Å². The first-order valence-electron chi connectivity index (χ1n) is 8.46. The van der Waals surface area contributed by atoms with Gasteiger partial charge in [-0.1, -0.05) is 41.9 Å². The molecule has 0 bridgehead atoms.